The smallest absolute Gasteiger partial charge is 0.268 e. The van der Waals surface area contributed by atoms with E-state index in [9.17, 15) is 9.59 Å². The molecule has 0 saturated heterocycles. The summed E-state index contributed by atoms with van der Waals surface area (Å²) in [5.41, 5.74) is 12.8. The Kier molecular flexibility index (Phi) is 34.9. The van der Waals surface area contributed by atoms with Crippen LogP contribution in [-0.2, 0) is 71.1 Å². The Morgan fingerprint density at radius 2 is 0.658 bits per heavy atom. The number of carbonyl (C=O) groups is 2. The van der Waals surface area contributed by atoms with E-state index in [2.05, 4.69) is 0 Å². The summed E-state index contributed by atoms with van der Waals surface area (Å²) < 4.78 is 102. The second-order valence-electron chi connectivity index (χ2n) is 16.2. The Balaban J connectivity index is 1.69. The van der Waals surface area contributed by atoms with Crippen molar-refractivity contribution in [3.05, 3.63) is 35.4 Å². The minimum absolute atomic E-state index is 0.00611. The number of hydrogen-bond acceptors (Lipinski definition) is 22. The number of hydrogen-bond donors (Lipinski definition) is 2. The quantitative estimate of drug-likeness (QED) is 0.0548. The summed E-state index contributed by atoms with van der Waals surface area (Å²) in [7, 11) is 4.86. The molecule has 0 fully saturated rings. The maximum Gasteiger partial charge on any atom is 0.268 e. The predicted molar refractivity (Wildman–Crippen MR) is 269 cm³/mol. The van der Waals surface area contributed by atoms with Crippen LogP contribution in [0.15, 0.2) is 24.3 Å². The third kappa shape index (κ3) is 26.3. The summed E-state index contributed by atoms with van der Waals surface area (Å²) in [5.74, 6) is -0.814. The molecule has 0 unspecified atom stereocenters. The Bertz CT molecular complexity index is 1660. The Hall–Kier alpha value is -4.02. The van der Waals surface area contributed by atoms with E-state index >= 15 is 0 Å². The van der Waals surface area contributed by atoms with Crippen LogP contribution in [0.5, 0.6) is 17.2 Å². The normalized spacial score (nSPS) is 13.7. The van der Waals surface area contributed by atoms with Crippen molar-refractivity contribution in [2.75, 3.05) is 216 Å². The minimum atomic E-state index is -0.659. The molecule has 3 rings (SSSR count). The molecule has 23 heteroatoms. The number of imide groups is 1. The molecular weight excluding hydrogens is 963 g/mol. The summed E-state index contributed by atoms with van der Waals surface area (Å²) in [6, 6.07) is 6.03. The number of nitrogens with two attached hydrogens (primary N) is 2. The fourth-order valence-electron chi connectivity index (χ4n) is 6.43. The third-order valence-corrected chi connectivity index (χ3v) is 10.2. The van der Waals surface area contributed by atoms with Gasteiger partial charge >= 0.3 is 0 Å². The maximum absolute atomic E-state index is 14.0. The predicted octanol–water partition coefficient (Wildman–Crippen LogP) is 3.09. The molecule has 23 nitrogen and oxygen atoms in total. The molecule has 0 bridgehead atoms. The molecular formula is C50H83N3O20. The van der Waals surface area contributed by atoms with Gasteiger partial charge in [-0.1, -0.05) is 0 Å². The molecule has 0 radical (unpaired) electrons. The molecule has 3 atom stereocenters. The average Bonchev–Trinajstić information content (AvgIpc) is 3.66. The molecule has 0 spiro atoms. The zero-order valence-corrected chi connectivity index (χ0v) is 43.9. The molecule has 1 heterocycles. The van der Waals surface area contributed by atoms with Crippen LogP contribution in [0.1, 0.15) is 41.5 Å². The fourth-order valence-corrected chi connectivity index (χ4v) is 6.43. The van der Waals surface area contributed by atoms with E-state index in [1.54, 1.807) is 21.3 Å². The number of methoxy groups -OCH3 is 3. The van der Waals surface area contributed by atoms with Crippen molar-refractivity contribution in [1.29, 1.82) is 0 Å². The van der Waals surface area contributed by atoms with Crippen LogP contribution in [0.4, 0.5) is 17.1 Å². The average molecular weight is 1050 g/mol. The van der Waals surface area contributed by atoms with Gasteiger partial charge in [0.1, 0.15) is 19.8 Å². The van der Waals surface area contributed by atoms with Crippen LogP contribution in [-0.4, -0.2) is 230 Å². The van der Waals surface area contributed by atoms with Crippen LogP contribution in [0.25, 0.3) is 0 Å². The van der Waals surface area contributed by atoms with Gasteiger partial charge in [0, 0.05) is 44.8 Å². The number of fused-ring (bicyclic) bond motifs is 1. The zero-order valence-electron chi connectivity index (χ0n) is 43.9. The van der Waals surface area contributed by atoms with Crippen LogP contribution in [0.3, 0.4) is 0 Å². The number of anilines is 3. The number of rotatable bonds is 49. The highest BCUT2D eigenvalue weighted by Crippen LogP contribution is 2.45. The molecule has 418 valence electrons. The van der Waals surface area contributed by atoms with Gasteiger partial charge in [0.2, 0.25) is 5.75 Å². The van der Waals surface area contributed by atoms with Crippen LogP contribution in [0.2, 0.25) is 0 Å². The van der Waals surface area contributed by atoms with Crippen molar-refractivity contribution in [2.24, 2.45) is 0 Å². The lowest BCUT2D eigenvalue weighted by Gasteiger charge is -2.24. The van der Waals surface area contributed by atoms with E-state index in [-0.39, 0.29) is 85.1 Å². The lowest BCUT2D eigenvalue weighted by atomic mass is 10.1. The Morgan fingerprint density at radius 3 is 0.945 bits per heavy atom. The van der Waals surface area contributed by atoms with Gasteiger partial charge in [-0.2, -0.15) is 0 Å². The molecule has 2 aromatic carbocycles. The molecule has 1 aliphatic rings. The van der Waals surface area contributed by atoms with Gasteiger partial charge in [-0.3, -0.25) is 9.59 Å². The zero-order chi connectivity index (χ0) is 52.7. The molecule has 0 saturated carbocycles. The number of ether oxygens (including phenoxy) is 18. The standard InChI is InChI=1S/C50H83N3O20/c1-38(68-30-27-65-24-21-62-18-15-59-12-9-56-4)35-71-44-33-41(53-49(54)46-42(51)7-8-43(52)47(46)50(53)55)34-45(72-36-39(2)69-31-28-66-25-22-63-19-16-60-13-10-57-5)48(44)73-37-40(3)70-32-29-67-26-23-64-20-17-61-14-11-58-6/h7-8,33-34,38-40H,9-32,35-37,51-52H2,1-6H3/t38-,39-,40-/m0/s1. The van der Waals surface area contributed by atoms with Crippen molar-refractivity contribution >= 4 is 28.9 Å². The lowest BCUT2D eigenvalue weighted by molar-refractivity contribution is -0.0292. The van der Waals surface area contributed by atoms with Crippen molar-refractivity contribution in [2.45, 2.75) is 39.1 Å². The lowest BCUT2D eigenvalue weighted by Crippen LogP contribution is -2.30. The van der Waals surface area contributed by atoms with Crippen molar-refractivity contribution in [3.8, 4) is 17.2 Å². The van der Waals surface area contributed by atoms with E-state index in [1.165, 1.54) is 24.3 Å². The second-order valence-corrected chi connectivity index (χ2v) is 16.2. The van der Waals surface area contributed by atoms with Gasteiger partial charge in [-0.25, -0.2) is 4.90 Å². The van der Waals surface area contributed by atoms with Gasteiger partial charge in [-0.05, 0) is 32.9 Å². The Labute approximate surface area is 430 Å². The van der Waals surface area contributed by atoms with E-state index in [1.807, 2.05) is 20.8 Å². The SMILES string of the molecule is COCCOCCOCCOCCO[C@@H](C)COc1cc(N2C(=O)c3c(N)ccc(N)c3C2=O)cc(OC[C@H](C)OCCOCCOCCOCCOC)c1OC[C@H](C)OCCOCCOCCOCCOC. The molecule has 0 aliphatic carbocycles. The number of benzene rings is 2. The minimum Gasteiger partial charge on any atom is -0.487 e. The molecule has 2 aromatic rings. The van der Waals surface area contributed by atoms with Crippen LogP contribution in [0, 0.1) is 0 Å². The second kappa shape index (κ2) is 40.3. The summed E-state index contributed by atoms with van der Waals surface area (Å²) in [6.45, 7) is 15.7. The van der Waals surface area contributed by atoms with Crippen LogP contribution < -0.4 is 30.6 Å². The summed E-state index contributed by atoms with van der Waals surface area (Å²) in [4.78, 5) is 29.0. The van der Waals surface area contributed by atoms with Gasteiger partial charge < -0.3 is 96.7 Å². The number of amides is 2. The molecule has 2 amide bonds. The molecule has 1 aliphatic heterocycles. The first-order valence-electron chi connectivity index (χ1n) is 24.8. The maximum atomic E-state index is 14.0. The van der Waals surface area contributed by atoms with E-state index < -0.39 is 30.1 Å². The van der Waals surface area contributed by atoms with Gasteiger partial charge in [-0.15, -0.1) is 0 Å². The van der Waals surface area contributed by atoms with Gasteiger partial charge in [0.15, 0.2) is 11.5 Å². The monoisotopic (exact) mass is 1050 g/mol. The highest BCUT2D eigenvalue weighted by Gasteiger charge is 2.41. The van der Waals surface area contributed by atoms with Crippen LogP contribution >= 0.6 is 0 Å². The van der Waals surface area contributed by atoms with Crippen molar-refractivity contribution < 1.29 is 94.9 Å². The summed E-state index contributed by atoms with van der Waals surface area (Å²) in [6.07, 6.45) is -1.29. The number of carbonyl (C=O) groups excluding carboxylic acids is 2. The van der Waals surface area contributed by atoms with E-state index in [4.69, 9.17) is 96.7 Å². The first-order chi connectivity index (χ1) is 35.6. The van der Waals surface area contributed by atoms with E-state index in [0.29, 0.717) is 139 Å². The topological polar surface area (TPSA) is 256 Å². The molecule has 73 heavy (non-hydrogen) atoms. The number of nitrogens with zero attached hydrogens (tertiary/aromatic N) is 1. The van der Waals surface area contributed by atoms with Gasteiger partial charge in [0.05, 0.1) is 194 Å². The van der Waals surface area contributed by atoms with E-state index in [0.717, 1.165) is 4.90 Å². The van der Waals surface area contributed by atoms with Gasteiger partial charge in [0.25, 0.3) is 11.8 Å². The van der Waals surface area contributed by atoms with Crippen molar-refractivity contribution in [3.63, 3.8) is 0 Å². The first kappa shape index (κ1) is 63.3. The van der Waals surface area contributed by atoms with Crippen molar-refractivity contribution in [1.82, 2.24) is 0 Å². The highest BCUT2D eigenvalue weighted by molar-refractivity contribution is 6.37. The number of nitrogen functional groups attached to an aromatic ring is 2. The largest absolute Gasteiger partial charge is 0.487 e. The Morgan fingerprint density at radius 1 is 0.397 bits per heavy atom. The molecule has 0 aromatic heterocycles. The first-order valence-corrected chi connectivity index (χ1v) is 24.8. The molecule has 4 N–H and O–H groups in total. The summed E-state index contributed by atoms with van der Waals surface area (Å²) >= 11 is 0. The summed E-state index contributed by atoms with van der Waals surface area (Å²) in [5, 5.41) is 0. The highest BCUT2D eigenvalue weighted by atomic mass is 16.6. The fraction of sp³-hybridized carbons (Fsp3) is 0.720. The third-order valence-electron chi connectivity index (χ3n) is 10.2.